The molecule has 3 aromatic rings. The van der Waals surface area contributed by atoms with Gasteiger partial charge in [-0.15, -0.1) is 0 Å². The number of alkyl halides is 5. The summed E-state index contributed by atoms with van der Waals surface area (Å²) in [6.45, 7) is 2.13. The lowest BCUT2D eigenvalue weighted by atomic mass is 10.1. The second-order valence-corrected chi connectivity index (χ2v) is 7.64. The maximum absolute atomic E-state index is 12.9. The van der Waals surface area contributed by atoms with Gasteiger partial charge in [0, 0.05) is 24.4 Å². The fraction of sp³-hybridized carbons (Fsp3) is 0.318. The Labute approximate surface area is 185 Å². The second-order valence-electron chi connectivity index (χ2n) is 7.64. The molecule has 11 heteroatoms. The number of aromatic nitrogens is 3. The van der Waals surface area contributed by atoms with Crippen LogP contribution < -0.4 is 15.6 Å². The van der Waals surface area contributed by atoms with Gasteiger partial charge in [-0.2, -0.15) is 22.0 Å². The predicted molar refractivity (Wildman–Crippen MR) is 112 cm³/mol. The number of rotatable bonds is 8. The van der Waals surface area contributed by atoms with E-state index in [1.807, 2.05) is 13.8 Å². The standard InChI is InChI=1S/C22H21F5N4O2/c1-12(2)9-28-10-13-3-5-17(33-21(23)24)15(7-13)20-30-16(8-19(32)31-20)14-4-6-18(29-11-14)22(25,26)27/h3-8,11-12,21,28H,9-10H2,1-2H3,(H,30,31,32). The van der Waals surface area contributed by atoms with Crippen molar-refractivity contribution in [3.05, 3.63) is 64.2 Å². The Morgan fingerprint density at radius 2 is 1.88 bits per heavy atom. The second kappa shape index (κ2) is 10.1. The van der Waals surface area contributed by atoms with Crippen LogP contribution in [-0.4, -0.2) is 28.1 Å². The average molecular weight is 468 g/mol. The van der Waals surface area contributed by atoms with Crippen molar-refractivity contribution in [2.75, 3.05) is 6.54 Å². The Morgan fingerprint density at radius 1 is 1.12 bits per heavy atom. The average Bonchev–Trinajstić information content (AvgIpc) is 2.73. The van der Waals surface area contributed by atoms with E-state index >= 15 is 0 Å². The van der Waals surface area contributed by atoms with Crippen LogP contribution in [0.1, 0.15) is 25.1 Å². The number of nitrogens with zero attached hydrogens (tertiary/aromatic N) is 2. The lowest BCUT2D eigenvalue weighted by Crippen LogP contribution is -2.19. The summed E-state index contributed by atoms with van der Waals surface area (Å²) in [6.07, 6.45) is -3.67. The van der Waals surface area contributed by atoms with Gasteiger partial charge in [0.15, 0.2) is 0 Å². The summed E-state index contributed by atoms with van der Waals surface area (Å²) in [6, 6.07) is 7.48. The molecule has 0 radical (unpaired) electrons. The van der Waals surface area contributed by atoms with Crippen molar-refractivity contribution in [1.29, 1.82) is 0 Å². The molecule has 0 bridgehead atoms. The Bertz CT molecular complexity index is 1140. The zero-order valence-corrected chi connectivity index (χ0v) is 17.7. The van der Waals surface area contributed by atoms with Crippen LogP contribution in [0.25, 0.3) is 22.6 Å². The molecule has 2 N–H and O–H groups in total. The Balaban J connectivity index is 2.02. The fourth-order valence-electron chi connectivity index (χ4n) is 3.02. The first-order valence-electron chi connectivity index (χ1n) is 9.96. The number of benzene rings is 1. The summed E-state index contributed by atoms with van der Waals surface area (Å²) in [5, 5.41) is 3.22. The normalized spacial score (nSPS) is 11.9. The molecule has 176 valence electrons. The van der Waals surface area contributed by atoms with Gasteiger partial charge in [0.2, 0.25) is 0 Å². The minimum Gasteiger partial charge on any atom is -0.434 e. The van der Waals surface area contributed by atoms with Crippen LogP contribution in [0.4, 0.5) is 22.0 Å². The molecular weight excluding hydrogens is 447 g/mol. The minimum absolute atomic E-state index is 0.0290. The van der Waals surface area contributed by atoms with Gasteiger partial charge < -0.3 is 15.0 Å². The van der Waals surface area contributed by atoms with E-state index in [1.54, 1.807) is 12.1 Å². The van der Waals surface area contributed by atoms with Gasteiger partial charge in [0.25, 0.3) is 5.56 Å². The van der Waals surface area contributed by atoms with E-state index in [4.69, 9.17) is 0 Å². The molecule has 0 saturated heterocycles. The third-order valence-electron chi connectivity index (χ3n) is 4.49. The summed E-state index contributed by atoms with van der Waals surface area (Å²) in [7, 11) is 0. The van der Waals surface area contributed by atoms with Crippen LogP contribution >= 0.6 is 0 Å². The maximum Gasteiger partial charge on any atom is 0.433 e. The Morgan fingerprint density at radius 3 is 2.48 bits per heavy atom. The molecule has 2 aromatic heterocycles. The number of hydrogen-bond donors (Lipinski definition) is 2. The van der Waals surface area contributed by atoms with E-state index < -0.39 is 24.0 Å². The van der Waals surface area contributed by atoms with Crippen LogP contribution in [0, 0.1) is 5.92 Å². The number of pyridine rings is 1. The van der Waals surface area contributed by atoms with Crippen LogP contribution in [0.5, 0.6) is 5.75 Å². The highest BCUT2D eigenvalue weighted by Crippen LogP contribution is 2.32. The first-order valence-corrected chi connectivity index (χ1v) is 9.96. The highest BCUT2D eigenvalue weighted by Gasteiger charge is 2.32. The van der Waals surface area contributed by atoms with Crippen molar-refractivity contribution < 1.29 is 26.7 Å². The molecule has 0 unspecified atom stereocenters. The molecule has 0 aliphatic rings. The number of aromatic amines is 1. The predicted octanol–water partition coefficient (Wildman–Crippen LogP) is 4.86. The lowest BCUT2D eigenvalue weighted by Gasteiger charge is -2.14. The zero-order chi connectivity index (χ0) is 24.2. The molecule has 0 atom stereocenters. The van der Waals surface area contributed by atoms with Gasteiger partial charge in [0.1, 0.15) is 17.3 Å². The van der Waals surface area contributed by atoms with Gasteiger partial charge >= 0.3 is 12.8 Å². The minimum atomic E-state index is -4.61. The number of nitrogens with one attached hydrogen (secondary N) is 2. The van der Waals surface area contributed by atoms with Crippen molar-refractivity contribution in [2.24, 2.45) is 5.92 Å². The Kier molecular flexibility index (Phi) is 7.42. The first-order chi connectivity index (χ1) is 15.5. The van der Waals surface area contributed by atoms with Crippen LogP contribution in [0.3, 0.4) is 0 Å². The summed E-state index contributed by atoms with van der Waals surface area (Å²) >= 11 is 0. The van der Waals surface area contributed by atoms with Gasteiger partial charge in [-0.05, 0) is 42.3 Å². The van der Waals surface area contributed by atoms with E-state index in [2.05, 4.69) is 25.0 Å². The highest BCUT2D eigenvalue weighted by molar-refractivity contribution is 5.68. The third-order valence-corrected chi connectivity index (χ3v) is 4.49. The zero-order valence-electron chi connectivity index (χ0n) is 17.7. The number of hydrogen-bond acceptors (Lipinski definition) is 5. The topological polar surface area (TPSA) is 79.9 Å². The van der Waals surface area contributed by atoms with Crippen molar-refractivity contribution in [2.45, 2.75) is 33.2 Å². The molecular formula is C22H21F5N4O2. The van der Waals surface area contributed by atoms with Crippen molar-refractivity contribution >= 4 is 0 Å². The van der Waals surface area contributed by atoms with Crippen molar-refractivity contribution in [3.8, 4) is 28.4 Å². The van der Waals surface area contributed by atoms with Crippen LogP contribution in [0.15, 0.2) is 47.4 Å². The van der Waals surface area contributed by atoms with E-state index in [0.717, 1.165) is 36.5 Å². The number of ether oxygens (including phenoxy) is 1. The molecule has 0 amide bonds. The smallest absolute Gasteiger partial charge is 0.433 e. The molecule has 2 heterocycles. The first kappa shape index (κ1) is 24.3. The molecule has 33 heavy (non-hydrogen) atoms. The monoisotopic (exact) mass is 468 g/mol. The number of H-pyrrole nitrogens is 1. The molecule has 0 fully saturated rings. The molecule has 0 aliphatic carbocycles. The maximum atomic E-state index is 12.9. The van der Waals surface area contributed by atoms with Crippen molar-refractivity contribution in [1.82, 2.24) is 20.3 Å². The molecule has 0 aliphatic heterocycles. The van der Waals surface area contributed by atoms with Gasteiger partial charge in [-0.1, -0.05) is 19.9 Å². The van der Waals surface area contributed by atoms with Crippen molar-refractivity contribution in [3.63, 3.8) is 0 Å². The van der Waals surface area contributed by atoms with E-state index in [1.165, 1.54) is 6.07 Å². The quantitative estimate of drug-likeness (QED) is 0.462. The molecule has 3 rings (SSSR count). The lowest BCUT2D eigenvalue weighted by molar-refractivity contribution is -0.141. The summed E-state index contributed by atoms with van der Waals surface area (Å²) in [5.74, 6) is 0.125. The molecule has 0 saturated carbocycles. The number of halogens is 5. The highest BCUT2D eigenvalue weighted by atomic mass is 19.4. The molecule has 6 nitrogen and oxygen atoms in total. The molecule has 0 spiro atoms. The third kappa shape index (κ3) is 6.58. The molecule has 1 aromatic carbocycles. The van der Waals surface area contributed by atoms with Gasteiger partial charge in [-0.3, -0.25) is 9.78 Å². The Hall–Kier alpha value is -3.34. The van der Waals surface area contributed by atoms with Crippen LogP contribution in [0.2, 0.25) is 0 Å². The van der Waals surface area contributed by atoms with Gasteiger partial charge in [0.05, 0.1) is 11.3 Å². The van der Waals surface area contributed by atoms with Crippen LogP contribution in [-0.2, 0) is 12.7 Å². The van der Waals surface area contributed by atoms with E-state index in [0.29, 0.717) is 12.5 Å². The van der Waals surface area contributed by atoms with E-state index in [9.17, 15) is 26.7 Å². The largest absolute Gasteiger partial charge is 0.434 e. The summed E-state index contributed by atoms with van der Waals surface area (Å²) < 4.78 is 68.8. The SMILES string of the molecule is CC(C)CNCc1ccc(OC(F)F)c(-c2nc(-c3ccc(C(F)(F)F)nc3)cc(=O)[nH]2)c1. The summed E-state index contributed by atoms with van der Waals surface area (Å²) in [4.78, 5) is 22.4. The van der Waals surface area contributed by atoms with Gasteiger partial charge in [-0.25, -0.2) is 4.98 Å². The van der Waals surface area contributed by atoms with E-state index in [-0.39, 0.29) is 28.4 Å². The fourth-order valence-corrected chi connectivity index (χ4v) is 3.02. The summed E-state index contributed by atoms with van der Waals surface area (Å²) in [5.41, 5.74) is -0.691.